The first-order chi connectivity index (χ1) is 6.61. The van der Waals surface area contributed by atoms with E-state index in [9.17, 15) is 9.50 Å². The number of rotatable bonds is 4. The van der Waals surface area contributed by atoms with Crippen LogP contribution in [0.2, 0.25) is 0 Å². The number of aromatic nitrogens is 1. The predicted molar refractivity (Wildman–Crippen MR) is 50.2 cm³/mol. The largest absolute Gasteiger partial charge is 0.386 e. The van der Waals surface area contributed by atoms with Gasteiger partial charge in [0.2, 0.25) is 0 Å². The summed E-state index contributed by atoms with van der Waals surface area (Å²) in [5, 5.41) is 9.56. The predicted octanol–water partition coefficient (Wildman–Crippen LogP) is 1.68. The molecule has 0 spiro atoms. The Balaban J connectivity index is 2.60. The lowest BCUT2D eigenvalue weighted by molar-refractivity contribution is 0.00355. The monoisotopic (exact) mass is 199 g/mol. The van der Waals surface area contributed by atoms with Crippen LogP contribution in [0.1, 0.15) is 25.5 Å². The highest BCUT2D eigenvalue weighted by Gasteiger charge is 2.12. The number of halogens is 1. The maximum atomic E-state index is 13.1. The van der Waals surface area contributed by atoms with Crippen molar-refractivity contribution in [3.05, 3.63) is 29.8 Å². The zero-order valence-electron chi connectivity index (χ0n) is 8.27. The Hall–Kier alpha value is -1.00. The lowest BCUT2D eigenvalue weighted by Gasteiger charge is -2.13. The van der Waals surface area contributed by atoms with E-state index in [4.69, 9.17) is 4.74 Å². The Labute approximate surface area is 82.5 Å². The highest BCUT2D eigenvalue weighted by Crippen LogP contribution is 2.16. The molecule has 0 amide bonds. The molecule has 3 nitrogen and oxygen atoms in total. The topological polar surface area (TPSA) is 42.4 Å². The summed E-state index contributed by atoms with van der Waals surface area (Å²) >= 11 is 0. The van der Waals surface area contributed by atoms with E-state index < -0.39 is 11.9 Å². The summed E-state index contributed by atoms with van der Waals surface area (Å²) in [7, 11) is 0. The minimum atomic E-state index is -0.930. The van der Waals surface area contributed by atoms with E-state index >= 15 is 0 Å². The molecule has 0 saturated carbocycles. The van der Waals surface area contributed by atoms with E-state index in [1.165, 1.54) is 12.3 Å². The molecule has 0 bridgehead atoms. The van der Waals surface area contributed by atoms with Crippen LogP contribution in [0.15, 0.2) is 18.5 Å². The number of aliphatic hydroxyl groups is 1. The van der Waals surface area contributed by atoms with Gasteiger partial charge in [0, 0.05) is 11.8 Å². The molecule has 0 radical (unpaired) electrons. The van der Waals surface area contributed by atoms with Crippen LogP contribution >= 0.6 is 0 Å². The first kappa shape index (κ1) is 11.1. The van der Waals surface area contributed by atoms with Gasteiger partial charge in [-0.2, -0.15) is 0 Å². The average molecular weight is 199 g/mol. The second kappa shape index (κ2) is 5.02. The van der Waals surface area contributed by atoms with E-state index in [0.29, 0.717) is 0 Å². The van der Waals surface area contributed by atoms with Crippen molar-refractivity contribution in [1.29, 1.82) is 0 Å². The lowest BCUT2D eigenvalue weighted by Crippen LogP contribution is -2.13. The third-order valence-electron chi connectivity index (χ3n) is 1.75. The summed E-state index contributed by atoms with van der Waals surface area (Å²) in [6.07, 6.45) is 1.61. The summed E-state index contributed by atoms with van der Waals surface area (Å²) in [6, 6.07) is 1.45. The number of ether oxygens (including phenoxy) is 1. The SMILES string of the molecule is CC(C)OCC(O)c1ccncc1F. The van der Waals surface area contributed by atoms with Gasteiger partial charge in [0.05, 0.1) is 18.9 Å². The van der Waals surface area contributed by atoms with Gasteiger partial charge in [-0.05, 0) is 19.9 Å². The molecule has 0 saturated heterocycles. The van der Waals surface area contributed by atoms with Crippen LogP contribution in [0.25, 0.3) is 0 Å². The number of pyridine rings is 1. The number of nitrogens with zero attached hydrogens (tertiary/aromatic N) is 1. The molecule has 1 N–H and O–H groups in total. The van der Waals surface area contributed by atoms with Gasteiger partial charge in [-0.3, -0.25) is 4.98 Å². The number of hydrogen-bond acceptors (Lipinski definition) is 3. The second-order valence-corrected chi connectivity index (χ2v) is 3.30. The molecule has 1 aromatic rings. The first-order valence-electron chi connectivity index (χ1n) is 4.50. The summed E-state index contributed by atoms with van der Waals surface area (Å²) in [5.41, 5.74) is 0.223. The van der Waals surface area contributed by atoms with Gasteiger partial charge in [0.1, 0.15) is 11.9 Å². The smallest absolute Gasteiger partial charge is 0.147 e. The van der Waals surface area contributed by atoms with E-state index in [0.717, 1.165) is 6.20 Å². The summed E-state index contributed by atoms with van der Waals surface area (Å²) in [6.45, 7) is 3.81. The average Bonchev–Trinajstić information content (AvgIpc) is 2.15. The highest BCUT2D eigenvalue weighted by atomic mass is 19.1. The zero-order valence-corrected chi connectivity index (χ0v) is 8.27. The van der Waals surface area contributed by atoms with Gasteiger partial charge in [-0.1, -0.05) is 0 Å². The minimum Gasteiger partial charge on any atom is -0.386 e. The van der Waals surface area contributed by atoms with Crippen LogP contribution in [0, 0.1) is 5.82 Å². The molecule has 1 unspecified atom stereocenters. The molecule has 0 fully saturated rings. The molecule has 78 valence electrons. The lowest BCUT2D eigenvalue weighted by atomic mass is 10.1. The molecule has 1 atom stereocenters. The van der Waals surface area contributed by atoms with E-state index in [1.807, 2.05) is 13.8 Å². The summed E-state index contributed by atoms with van der Waals surface area (Å²) < 4.78 is 18.3. The van der Waals surface area contributed by atoms with E-state index in [1.54, 1.807) is 0 Å². The molecular weight excluding hydrogens is 185 g/mol. The molecule has 0 aromatic carbocycles. The Kier molecular flexibility index (Phi) is 3.98. The fourth-order valence-electron chi connectivity index (χ4n) is 1.03. The van der Waals surface area contributed by atoms with Crippen LogP contribution < -0.4 is 0 Å². The van der Waals surface area contributed by atoms with Crippen molar-refractivity contribution < 1.29 is 14.2 Å². The summed E-state index contributed by atoms with van der Waals surface area (Å²) in [5.74, 6) is -0.507. The molecule has 1 heterocycles. The second-order valence-electron chi connectivity index (χ2n) is 3.30. The van der Waals surface area contributed by atoms with Crippen molar-refractivity contribution in [2.45, 2.75) is 26.1 Å². The van der Waals surface area contributed by atoms with Crippen molar-refractivity contribution in [2.75, 3.05) is 6.61 Å². The Morgan fingerprint density at radius 3 is 2.86 bits per heavy atom. The number of aliphatic hydroxyl groups excluding tert-OH is 1. The number of hydrogen-bond donors (Lipinski definition) is 1. The van der Waals surface area contributed by atoms with Crippen LogP contribution in [-0.4, -0.2) is 22.8 Å². The molecule has 1 rings (SSSR count). The van der Waals surface area contributed by atoms with Crippen molar-refractivity contribution in [3.8, 4) is 0 Å². The molecule has 0 aliphatic heterocycles. The molecule has 1 aromatic heterocycles. The van der Waals surface area contributed by atoms with Gasteiger partial charge in [-0.25, -0.2) is 4.39 Å². The minimum absolute atomic E-state index is 0.0227. The standard InChI is InChI=1S/C10H14FNO2/c1-7(2)14-6-10(13)8-3-4-12-5-9(8)11/h3-5,7,10,13H,6H2,1-2H3. The third kappa shape index (κ3) is 3.05. The van der Waals surface area contributed by atoms with Crippen molar-refractivity contribution in [3.63, 3.8) is 0 Å². The molecule has 4 heteroatoms. The van der Waals surface area contributed by atoms with Crippen LogP contribution in [0.3, 0.4) is 0 Å². The van der Waals surface area contributed by atoms with Gasteiger partial charge >= 0.3 is 0 Å². The van der Waals surface area contributed by atoms with Crippen molar-refractivity contribution >= 4 is 0 Å². The van der Waals surface area contributed by atoms with Crippen molar-refractivity contribution in [2.24, 2.45) is 0 Å². The van der Waals surface area contributed by atoms with E-state index in [-0.39, 0.29) is 18.3 Å². The third-order valence-corrected chi connectivity index (χ3v) is 1.75. The normalized spacial score (nSPS) is 13.2. The maximum Gasteiger partial charge on any atom is 0.147 e. The molecule has 14 heavy (non-hydrogen) atoms. The van der Waals surface area contributed by atoms with Gasteiger partial charge in [0.25, 0.3) is 0 Å². The Morgan fingerprint density at radius 1 is 1.57 bits per heavy atom. The van der Waals surface area contributed by atoms with E-state index in [2.05, 4.69) is 4.98 Å². The van der Waals surface area contributed by atoms with Crippen LogP contribution in [0.5, 0.6) is 0 Å². The van der Waals surface area contributed by atoms with Gasteiger partial charge < -0.3 is 9.84 Å². The molecule has 0 aliphatic carbocycles. The fourth-order valence-corrected chi connectivity index (χ4v) is 1.03. The van der Waals surface area contributed by atoms with Gasteiger partial charge in [0.15, 0.2) is 0 Å². The maximum absolute atomic E-state index is 13.1. The summed E-state index contributed by atoms with van der Waals surface area (Å²) in [4.78, 5) is 3.60. The quantitative estimate of drug-likeness (QED) is 0.802. The van der Waals surface area contributed by atoms with Crippen LogP contribution in [0.4, 0.5) is 4.39 Å². The van der Waals surface area contributed by atoms with Crippen molar-refractivity contribution in [1.82, 2.24) is 4.98 Å². The zero-order chi connectivity index (χ0) is 10.6. The molecular formula is C10H14FNO2. The highest BCUT2D eigenvalue weighted by molar-refractivity contribution is 5.15. The Morgan fingerprint density at radius 2 is 2.29 bits per heavy atom. The fraction of sp³-hybridized carbons (Fsp3) is 0.500. The van der Waals surface area contributed by atoms with Crippen LogP contribution in [-0.2, 0) is 4.74 Å². The molecule has 0 aliphatic rings. The Bertz CT molecular complexity index is 291. The van der Waals surface area contributed by atoms with Gasteiger partial charge in [-0.15, -0.1) is 0 Å². The first-order valence-corrected chi connectivity index (χ1v) is 4.50.